The van der Waals surface area contributed by atoms with Crippen LogP contribution in [-0.2, 0) is 7.05 Å². The number of carbonyl (C=O) groups excluding carboxylic acids is 2. The van der Waals surface area contributed by atoms with Gasteiger partial charge < -0.3 is 10.2 Å². The number of nitrogens with zero attached hydrogens (tertiary/aromatic N) is 3. The van der Waals surface area contributed by atoms with E-state index in [1.807, 2.05) is 49.4 Å². The Morgan fingerprint density at radius 3 is 2.48 bits per heavy atom. The third-order valence-corrected chi connectivity index (χ3v) is 4.52. The molecule has 1 atom stereocenters. The number of hydrogen-bond donors (Lipinski definition) is 1. The molecule has 0 bridgehead atoms. The third-order valence-electron chi connectivity index (χ3n) is 4.52. The number of amides is 2. The molecule has 3 rings (SSSR count). The van der Waals surface area contributed by atoms with Crippen LogP contribution >= 0.6 is 0 Å². The van der Waals surface area contributed by atoms with Crippen molar-refractivity contribution in [1.82, 2.24) is 14.7 Å². The van der Waals surface area contributed by atoms with Crippen LogP contribution in [0, 0.1) is 0 Å². The Morgan fingerprint density at radius 1 is 1.07 bits per heavy atom. The fourth-order valence-electron chi connectivity index (χ4n) is 2.80. The van der Waals surface area contributed by atoms with Gasteiger partial charge in [0.2, 0.25) is 0 Å². The number of nitrogens with one attached hydrogen (secondary N) is 1. The van der Waals surface area contributed by atoms with E-state index in [2.05, 4.69) is 10.4 Å². The molecule has 2 aromatic carbocycles. The van der Waals surface area contributed by atoms with Gasteiger partial charge in [0.25, 0.3) is 11.8 Å². The molecule has 1 N–H and O–H groups in total. The van der Waals surface area contributed by atoms with Gasteiger partial charge >= 0.3 is 0 Å². The van der Waals surface area contributed by atoms with Crippen LogP contribution < -0.4 is 5.32 Å². The number of benzene rings is 2. The highest BCUT2D eigenvalue weighted by molar-refractivity contribution is 6.04. The van der Waals surface area contributed by atoms with Gasteiger partial charge in [-0.3, -0.25) is 14.3 Å². The van der Waals surface area contributed by atoms with E-state index in [1.165, 1.54) is 0 Å². The largest absolute Gasteiger partial charge is 0.335 e. The minimum atomic E-state index is -0.166. The normalized spacial score (nSPS) is 11.7. The summed E-state index contributed by atoms with van der Waals surface area (Å²) in [4.78, 5) is 26.6. The van der Waals surface area contributed by atoms with Crippen LogP contribution in [0.4, 0.5) is 5.69 Å². The van der Waals surface area contributed by atoms with Crippen LogP contribution in [0.1, 0.15) is 39.2 Å². The predicted molar refractivity (Wildman–Crippen MR) is 105 cm³/mol. The molecule has 6 heteroatoms. The Bertz CT molecular complexity index is 950. The van der Waals surface area contributed by atoms with Gasteiger partial charge in [-0.15, -0.1) is 0 Å². The molecule has 2 amide bonds. The molecule has 0 aliphatic rings. The fraction of sp³-hybridized carbons (Fsp3) is 0.190. The van der Waals surface area contributed by atoms with Crippen molar-refractivity contribution in [2.75, 3.05) is 12.4 Å². The summed E-state index contributed by atoms with van der Waals surface area (Å²) in [5.41, 5.74) is 2.76. The van der Waals surface area contributed by atoms with E-state index in [4.69, 9.17) is 0 Å². The Kier molecular flexibility index (Phi) is 5.35. The summed E-state index contributed by atoms with van der Waals surface area (Å²) in [6, 6.07) is 16.4. The van der Waals surface area contributed by atoms with Crippen molar-refractivity contribution in [3.05, 3.63) is 83.7 Å². The van der Waals surface area contributed by atoms with Gasteiger partial charge in [-0.2, -0.15) is 5.10 Å². The topological polar surface area (TPSA) is 67.2 Å². The standard InChI is InChI=1S/C21H22N4O2/c1-15(25(3)21(27)18-13-22-24(2)14-18)17-10-7-11-19(12-17)23-20(26)16-8-5-4-6-9-16/h4-15H,1-3H3,(H,23,26). The summed E-state index contributed by atoms with van der Waals surface area (Å²) in [6.45, 7) is 1.95. The van der Waals surface area contributed by atoms with Crippen molar-refractivity contribution in [1.29, 1.82) is 0 Å². The zero-order chi connectivity index (χ0) is 19.4. The molecule has 0 fully saturated rings. The van der Waals surface area contributed by atoms with E-state index in [1.54, 1.807) is 48.2 Å². The molecular formula is C21H22N4O2. The van der Waals surface area contributed by atoms with Crippen molar-refractivity contribution in [3.63, 3.8) is 0 Å². The Labute approximate surface area is 158 Å². The molecular weight excluding hydrogens is 340 g/mol. The first kappa shape index (κ1) is 18.4. The van der Waals surface area contributed by atoms with Crippen LogP contribution in [0.2, 0.25) is 0 Å². The lowest BCUT2D eigenvalue weighted by atomic mass is 10.1. The second kappa shape index (κ2) is 7.86. The fourth-order valence-corrected chi connectivity index (χ4v) is 2.80. The maximum Gasteiger partial charge on any atom is 0.257 e. The number of hydrogen-bond acceptors (Lipinski definition) is 3. The molecule has 1 unspecified atom stereocenters. The van der Waals surface area contributed by atoms with E-state index >= 15 is 0 Å². The lowest BCUT2D eigenvalue weighted by molar-refractivity contribution is 0.0742. The molecule has 0 spiro atoms. The predicted octanol–water partition coefficient (Wildman–Crippen LogP) is 3.51. The molecule has 1 aromatic heterocycles. The molecule has 0 saturated heterocycles. The Hall–Kier alpha value is -3.41. The highest BCUT2D eigenvalue weighted by Crippen LogP contribution is 2.23. The van der Waals surface area contributed by atoms with E-state index in [-0.39, 0.29) is 17.9 Å². The van der Waals surface area contributed by atoms with Crippen molar-refractivity contribution >= 4 is 17.5 Å². The lowest BCUT2D eigenvalue weighted by Crippen LogP contribution is -2.29. The Morgan fingerprint density at radius 2 is 1.81 bits per heavy atom. The molecule has 6 nitrogen and oxygen atoms in total. The monoisotopic (exact) mass is 362 g/mol. The molecule has 138 valence electrons. The average molecular weight is 362 g/mol. The van der Waals surface area contributed by atoms with Crippen LogP contribution in [0.3, 0.4) is 0 Å². The van der Waals surface area contributed by atoms with Crippen molar-refractivity contribution in [2.45, 2.75) is 13.0 Å². The van der Waals surface area contributed by atoms with E-state index in [9.17, 15) is 9.59 Å². The molecule has 0 aliphatic carbocycles. The number of anilines is 1. The van der Waals surface area contributed by atoms with Gasteiger partial charge in [0, 0.05) is 31.5 Å². The minimum absolute atomic E-state index is 0.102. The van der Waals surface area contributed by atoms with E-state index < -0.39 is 0 Å². The van der Waals surface area contributed by atoms with Crippen LogP contribution in [-0.4, -0.2) is 33.5 Å². The number of carbonyl (C=O) groups is 2. The molecule has 1 heterocycles. The zero-order valence-corrected chi connectivity index (χ0v) is 15.6. The van der Waals surface area contributed by atoms with Crippen LogP contribution in [0.25, 0.3) is 0 Å². The quantitative estimate of drug-likeness (QED) is 0.755. The smallest absolute Gasteiger partial charge is 0.257 e. The third kappa shape index (κ3) is 4.23. The summed E-state index contributed by atoms with van der Waals surface area (Å²) in [5, 5.41) is 6.95. The average Bonchev–Trinajstić information content (AvgIpc) is 3.13. The first-order valence-electron chi connectivity index (χ1n) is 8.68. The second-order valence-electron chi connectivity index (χ2n) is 6.44. The van der Waals surface area contributed by atoms with Gasteiger partial charge in [0.15, 0.2) is 0 Å². The number of rotatable bonds is 5. The van der Waals surface area contributed by atoms with Gasteiger partial charge in [0.1, 0.15) is 0 Å². The van der Waals surface area contributed by atoms with Gasteiger partial charge in [0.05, 0.1) is 17.8 Å². The molecule has 0 radical (unpaired) electrons. The highest BCUT2D eigenvalue weighted by atomic mass is 16.2. The van der Waals surface area contributed by atoms with Crippen LogP contribution in [0.15, 0.2) is 67.0 Å². The molecule has 3 aromatic rings. The summed E-state index contributed by atoms with van der Waals surface area (Å²) < 4.78 is 1.60. The highest BCUT2D eigenvalue weighted by Gasteiger charge is 2.20. The number of aromatic nitrogens is 2. The number of aryl methyl sites for hydroxylation is 1. The maximum absolute atomic E-state index is 12.6. The lowest BCUT2D eigenvalue weighted by Gasteiger charge is -2.25. The Balaban J connectivity index is 1.74. The van der Waals surface area contributed by atoms with E-state index in [0.717, 1.165) is 5.56 Å². The first-order valence-corrected chi connectivity index (χ1v) is 8.68. The van der Waals surface area contributed by atoms with Crippen LogP contribution in [0.5, 0.6) is 0 Å². The molecule has 27 heavy (non-hydrogen) atoms. The van der Waals surface area contributed by atoms with Crippen molar-refractivity contribution in [2.24, 2.45) is 7.05 Å². The first-order chi connectivity index (χ1) is 13.0. The summed E-state index contributed by atoms with van der Waals surface area (Å²) in [7, 11) is 3.54. The SMILES string of the molecule is CC(c1cccc(NC(=O)c2ccccc2)c1)N(C)C(=O)c1cnn(C)c1. The van der Waals surface area contributed by atoms with E-state index in [0.29, 0.717) is 16.8 Å². The summed E-state index contributed by atoms with van der Waals surface area (Å²) in [5.74, 6) is -0.269. The zero-order valence-electron chi connectivity index (χ0n) is 15.6. The van der Waals surface area contributed by atoms with Gasteiger partial charge in [-0.05, 0) is 36.8 Å². The summed E-state index contributed by atoms with van der Waals surface area (Å²) >= 11 is 0. The van der Waals surface area contributed by atoms with Gasteiger partial charge in [-0.1, -0.05) is 30.3 Å². The second-order valence-corrected chi connectivity index (χ2v) is 6.44. The van der Waals surface area contributed by atoms with Crippen molar-refractivity contribution < 1.29 is 9.59 Å². The minimum Gasteiger partial charge on any atom is -0.335 e. The molecule has 0 aliphatic heterocycles. The maximum atomic E-state index is 12.6. The molecule has 0 saturated carbocycles. The summed E-state index contributed by atoms with van der Waals surface area (Å²) in [6.07, 6.45) is 3.25. The van der Waals surface area contributed by atoms with Gasteiger partial charge in [-0.25, -0.2) is 0 Å². The van der Waals surface area contributed by atoms with Crippen molar-refractivity contribution in [3.8, 4) is 0 Å².